The molecule has 1 spiro atoms. The molecule has 3 aromatic rings. The van der Waals surface area contributed by atoms with Crippen molar-refractivity contribution in [1.82, 2.24) is 24.6 Å². The molecular formula is C32H38F3N5O4. The Morgan fingerprint density at radius 3 is 2.52 bits per heavy atom. The first-order valence-corrected chi connectivity index (χ1v) is 15.6. The van der Waals surface area contributed by atoms with Gasteiger partial charge in [0.25, 0.3) is 0 Å². The van der Waals surface area contributed by atoms with Crippen LogP contribution in [0.2, 0.25) is 0 Å². The zero-order chi connectivity index (χ0) is 30.9. The summed E-state index contributed by atoms with van der Waals surface area (Å²) in [5.41, 5.74) is -0.669. The Kier molecular flexibility index (Phi) is 6.87. The largest absolute Gasteiger partial charge is 0.471 e. The van der Waals surface area contributed by atoms with E-state index in [9.17, 15) is 18.0 Å². The molecule has 2 unspecified atom stereocenters. The number of ether oxygens (including phenoxy) is 3. The van der Waals surface area contributed by atoms with Crippen molar-refractivity contribution in [3.63, 3.8) is 0 Å². The molecule has 2 atom stereocenters. The lowest BCUT2D eigenvalue weighted by Crippen LogP contribution is -2.51. The van der Waals surface area contributed by atoms with Gasteiger partial charge in [0, 0.05) is 24.0 Å². The van der Waals surface area contributed by atoms with E-state index in [1.54, 1.807) is 34.0 Å². The van der Waals surface area contributed by atoms with E-state index < -0.39 is 17.2 Å². The molecular weight excluding hydrogens is 575 g/mol. The Labute approximate surface area is 254 Å². The molecule has 44 heavy (non-hydrogen) atoms. The van der Waals surface area contributed by atoms with Gasteiger partial charge >= 0.3 is 12.3 Å². The van der Waals surface area contributed by atoms with E-state index in [4.69, 9.17) is 24.3 Å². The Morgan fingerprint density at radius 2 is 1.86 bits per heavy atom. The van der Waals surface area contributed by atoms with Crippen LogP contribution in [0.5, 0.6) is 5.88 Å². The van der Waals surface area contributed by atoms with Crippen LogP contribution in [0.4, 0.5) is 18.0 Å². The number of alkyl halides is 3. The average molecular weight is 614 g/mol. The summed E-state index contributed by atoms with van der Waals surface area (Å²) in [5, 5.41) is 5.45. The maximum atomic E-state index is 14.1. The molecule has 2 saturated heterocycles. The van der Waals surface area contributed by atoms with Gasteiger partial charge in [0.05, 0.1) is 29.9 Å². The van der Waals surface area contributed by atoms with Gasteiger partial charge in [-0.25, -0.2) is 14.5 Å². The molecule has 0 radical (unpaired) electrons. The summed E-state index contributed by atoms with van der Waals surface area (Å²) < 4.78 is 62.1. The summed E-state index contributed by atoms with van der Waals surface area (Å²) in [6.07, 6.45) is 3.46. The Morgan fingerprint density at radius 1 is 1.07 bits per heavy atom. The molecule has 7 rings (SSSR count). The van der Waals surface area contributed by atoms with Gasteiger partial charge < -0.3 is 19.1 Å². The quantitative estimate of drug-likeness (QED) is 0.307. The van der Waals surface area contributed by atoms with Gasteiger partial charge in [0.1, 0.15) is 23.1 Å². The fraction of sp³-hybridized carbons (Fsp3) is 0.625. The Balaban J connectivity index is 1.22. The molecule has 4 fully saturated rings. The molecule has 2 aromatic heterocycles. The number of aromatic nitrogens is 4. The van der Waals surface area contributed by atoms with Crippen LogP contribution < -0.4 is 4.74 Å². The van der Waals surface area contributed by atoms with Crippen molar-refractivity contribution in [2.24, 2.45) is 5.41 Å². The predicted octanol–water partition coefficient (Wildman–Crippen LogP) is 6.95. The number of carbonyl (C=O) groups is 1. The second-order valence-electron chi connectivity index (χ2n) is 13.8. The minimum Gasteiger partial charge on any atom is -0.471 e. The second kappa shape index (κ2) is 10.3. The maximum Gasteiger partial charge on any atom is 0.410 e. The van der Waals surface area contributed by atoms with Crippen LogP contribution in [-0.4, -0.2) is 68.3 Å². The van der Waals surface area contributed by atoms with Crippen LogP contribution in [0.15, 0.2) is 30.6 Å². The molecule has 1 aromatic carbocycles. The number of fused-ring (bicyclic) bond motifs is 1. The number of likely N-dealkylation sites (tertiary alicyclic amines) is 1. The Hall–Kier alpha value is -3.41. The number of amides is 1. The van der Waals surface area contributed by atoms with E-state index in [0.29, 0.717) is 42.0 Å². The smallest absolute Gasteiger partial charge is 0.410 e. The standard InChI is InChI=1S/C32H38F3N5O4/c1-29(2,3)44-28(41)39-14-13-30(9-10-30)24(19-39)43-25-18-36-17-22(37-25)27-21-16-20(31(11-12-31)32(33,34)35)7-8-23(21)40(38-27)26-6-4-5-15-42-26/h7-8,16-18,24,26H,4-6,9-15,19H2,1-3H3. The number of hydrogen-bond acceptors (Lipinski definition) is 7. The monoisotopic (exact) mass is 613 g/mol. The fourth-order valence-corrected chi connectivity index (χ4v) is 6.68. The van der Waals surface area contributed by atoms with Crippen molar-refractivity contribution in [2.75, 3.05) is 19.7 Å². The zero-order valence-electron chi connectivity index (χ0n) is 25.3. The van der Waals surface area contributed by atoms with Crippen molar-refractivity contribution in [1.29, 1.82) is 0 Å². The molecule has 2 aliphatic carbocycles. The number of nitrogens with zero attached hydrogens (tertiary/aromatic N) is 5. The lowest BCUT2D eigenvalue weighted by atomic mass is 9.90. The highest BCUT2D eigenvalue weighted by Gasteiger charge is 2.64. The summed E-state index contributed by atoms with van der Waals surface area (Å²) in [5.74, 6) is 0.284. The molecule has 4 aliphatic rings. The van der Waals surface area contributed by atoms with Crippen molar-refractivity contribution in [3.05, 3.63) is 36.2 Å². The highest BCUT2D eigenvalue weighted by Crippen LogP contribution is 2.59. The van der Waals surface area contributed by atoms with Crippen molar-refractivity contribution in [3.8, 4) is 17.3 Å². The van der Waals surface area contributed by atoms with E-state index in [2.05, 4.69) is 4.98 Å². The van der Waals surface area contributed by atoms with Gasteiger partial charge in [-0.15, -0.1) is 0 Å². The minimum absolute atomic E-state index is 0.0200. The van der Waals surface area contributed by atoms with Gasteiger partial charge in [-0.05, 0) is 89.8 Å². The fourth-order valence-electron chi connectivity index (χ4n) is 6.68. The van der Waals surface area contributed by atoms with E-state index >= 15 is 0 Å². The van der Waals surface area contributed by atoms with Crippen LogP contribution in [0.25, 0.3) is 22.3 Å². The van der Waals surface area contributed by atoms with Crippen molar-refractivity contribution in [2.45, 2.75) is 102 Å². The third-order valence-electron chi connectivity index (χ3n) is 9.59. The van der Waals surface area contributed by atoms with Crippen LogP contribution >= 0.6 is 0 Å². The molecule has 1 amide bonds. The molecule has 236 valence electrons. The van der Waals surface area contributed by atoms with E-state index in [0.717, 1.165) is 38.5 Å². The summed E-state index contributed by atoms with van der Waals surface area (Å²) in [6, 6.07) is 4.92. The summed E-state index contributed by atoms with van der Waals surface area (Å²) in [6.45, 7) is 7.11. The summed E-state index contributed by atoms with van der Waals surface area (Å²) in [4.78, 5) is 23.7. The number of rotatable bonds is 5. The number of piperidine rings is 1. The van der Waals surface area contributed by atoms with Gasteiger partial charge in [-0.3, -0.25) is 4.98 Å². The molecule has 2 saturated carbocycles. The van der Waals surface area contributed by atoms with E-state index in [-0.39, 0.29) is 48.1 Å². The van der Waals surface area contributed by atoms with Crippen LogP contribution in [-0.2, 0) is 14.9 Å². The normalized spacial score (nSPS) is 24.4. The predicted molar refractivity (Wildman–Crippen MR) is 155 cm³/mol. The summed E-state index contributed by atoms with van der Waals surface area (Å²) >= 11 is 0. The lowest BCUT2D eigenvalue weighted by Gasteiger charge is -2.39. The van der Waals surface area contributed by atoms with E-state index in [1.165, 1.54) is 6.20 Å². The van der Waals surface area contributed by atoms with Crippen LogP contribution in [0.1, 0.15) is 83.9 Å². The first-order valence-electron chi connectivity index (χ1n) is 15.6. The molecule has 0 bridgehead atoms. The SMILES string of the molecule is CC(C)(C)OC(=O)N1CCC2(CC2)C(Oc2cncc(-c3nn(C4CCCCO4)c4ccc(C5(C(F)(F)F)CC5)cc34)n2)C1. The third-order valence-corrected chi connectivity index (χ3v) is 9.59. The maximum absolute atomic E-state index is 14.1. The van der Waals surface area contributed by atoms with Crippen LogP contribution in [0, 0.1) is 5.41 Å². The van der Waals surface area contributed by atoms with Crippen molar-refractivity contribution < 1.29 is 32.2 Å². The molecule has 4 heterocycles. The average Bonchev–Trinajstić information content (AvgIpc) is 3.91. The van der Waals surface area contributed by atoms with E-state index in [1.807, 2.05) is 20.8 Å². The van der Waals surface area contributed by atoms with Gasteiger partial charge in [-0.2, -0.15) is 18.3 Å². The second-order valence-corrected chi connectivity index (χ2v) is 13.8. The Bertz CT molecular complexity index is 1570. The zero-order valence-corrected chi connectivity index (χ0v) is 25.3. The number of benzene rings is 1. The van der Waals surface area contributed by atoms with Crippen LogP contribution in [0.3, 0.4) is 0 Å². The molecule has 9 nitrogen and oxygen atoms in total. The first-order chi connectivity index (χ1) is 20.9. The molecule has 12 heteroatoms. The first kappa shape index (κ1) is 29.3. The number of carbonyl (C=O) groups excluding carboxylic acids is 1. The molecule has 2 aliphatic heterocycles. The molecule has 0 N–H and O–H groups in total. The highest BCUT2D eigenvalue weighted by molar-refractivity contribution is 5.93. The minimum atomic E-state index is -4.33. The topological polar surface area (TPSA) is 91.6 Å². The summed E-state index contributed by atoms with van der Waals surface area (Å²) in [7, 11) is 0. The highest BCUT2D eigenvalue weighted by atomic mass is 19.4. The van der Waals surface area contributed by atoms with Gasteiger partial charge in [-0.1, -0.05) is 6.07 Å². The lowest BCUT2D eigenvalue weighted by molar-refractivity contribution is -0.160. The number of hydrogen-bond donors (Lipinski definition) is 0. The van der Waals surface area contributed by atoms with Gasteiger partial charge in [0.2, 0.25) is 5.88 Å². The number of halogens is 3. The third kappa shape index (κ3) is 5.28. The van der Waals surface area contributed by atoms with Crippen molar-refractivity contribution >= 4 is 17.0 Å². The van der Waals surface area contributed by atoms with Gasteiger partial charge in [0.15, 0.2) is 6.23 Å².